The summed E-state index contributed by atoms with van der Waals surface area (Å²) in [6.45, 7) is 3.67. The summed E-state index contributed by atoms with van der Waals surface area (Å²) in [7, 11) is 0. The minimum Gasteiger partial charge on any atom is -0.342 e. The van der Waals surface area contributed by atoms with Crippen molar-refractivity contribution in [2.24, 2.45) is 11.8 Å². The Morgan fingerprint density at radius 2 is 1.68 bits per heavy atom. The van der Waals surface area contributed by atoms with Gasteiger partial charge in [0.2, 0.25) is 11.8 Å². The van der Waals surface area contributed by atoms with Crippen LogP contribution >= 0.6 is 0 Å². The van der Waals surface area contributed by atoms with Crippen LogP contribution < -0.4 is 5.32 Å². The van der Waals surface area contributed by atoms with Crippen molar-refractivity contribution in [2.75, 3.05) is 18.4 Å². The van der Waals surface area contributed by atoms with Crippen molar-refractivity contribution in [3.8, 4) is 0 Å². The number of hydrogen-bond donors (Lipinski definition) is 1. The lowest BCUT2D eigenvalue weighted by molar-refractivity contribution is -0.135. The number of aryl methyl sites for hydroxylation is 1. The Balaban J connectivity index is 1.43. The van der Waals surface area contributed by atoms with Gasteiger partial charge in [-0.2, -0.15) is 0 Å². The molecule has 1 saturated heterocycles. The molecular formula is C21H30N2O2. The van der Waals surface area contributed by atoms with Crippen molar-refractivity contribution in [1.29, 1.82) is 0 Å². The summed E-state index contributed by atoms with van der Waals surface area (Å²) in [6, 6.07) is 8.24. The number of nitrogens with zero attached hydrogens (tertiary/aromatic N) is 1. The van der Waals surface area contributed by atoms with Crippen molar-refractivity contribution in [1.82, 2.24) is 4.90 Å². The maximum atomic E-state index is 12.5. The molecule has 0 unspecified atom stereocenters. The third-order valence-electron chi connectivity index (χ3n) is 5.39. The second-order valence-corrected chi connectivity index (χ2v) is 7.52. The second-order valence-electron chi connectivity index (χ2n) is 7.52. The van der Waals surface area contributed by atoms with Crippen molar-refractivity contribution in [2.45, 2.75) is 58.3 Å². The van der Waals surface area contributed by atoms with Gasteiger partial charge in [0, 0.05) is 30.6 Å². The van der Waals surface area contributed by atoms with Gasteiger partial charge in [0.1, 0.15) is 0 Å². The summed E-state index contributed by atoms with van der Waals surface area (Å²) >= 11 is 0. The molecule has 0 atom stereocenters. The van der Waals surface area contributed by atoms with Gasteiger partial charge < -0.3 is 10.2 Å². The molecule has 4 heteroatoms. The van der Waals surface area contributed by atoms with E-state index in [4.69, 9.17) is 0 Å². The summed E-state index contributed by atoms with van der Waals surface area (Å²) in [6.07, 6.45) is 8.48. The quantitative estimate of drug-likeness (QED) is 0.761. The number of benzene rings is 1. The van der Waals surface area contributed by atoms with E-state index in [1.165, 1.54) is 24.8 Å². The molecule has 1 aromatic carbocycles. The molecule has 3 rings (SSSR count). The van der Waals surface area contributed by atoms with Crippen LogP contribution in [-0.2, 0) is 16.0 Å². The summed E-state index contributed by atoms with van der Waals surface area (Å²) < 4.78 is 0. The first-order chi connectivity index (χ1) is 12.2. The van der Waals surface area contributed by atoms with Gasteiger partial charge in [-0.25, -0.2) is 0 Å². The SMILES string of the molecule is CCCCCc1ccc(NC(=O)C2CCN(C(=O)C3CC3)CC2)cc1. The highest BCUT2D eigenvalue weighted by Crippen LogP contribution is 2.32. The van der Waals surface area contributed by atoms with Crippen LogP contribution in [0.2, 0.25) is 0 Å². The number of likely N-dealkylation sites (tertiary alicyclic amines) is 1. The number of carbonyl (C=O) groups is 2. The van der Waals surface area contributed by atoms with E-state index >= 15 is 0 Å². The summed E-state index contributed by atoms with van der Waals surface area (Å²) in [5.74, 6) is 0.698. The Hall–Kier alpha value is -1.84. The third-order valence-corrected chi connectivity index (χ3v) is 5.39. The van der Waals surface area contributed by atoms with E-state index in [1.807, 2.05) is 17.0 Å². The van der Waals surface area contributed by atoms with E-state index in [0.29, 0.717) is 5.91 Å². The molecule has 0 aromatic heterocycles. The molecule has 1 aromatic rings. The number of carbonyl (C=O) groups excluding carboxylic acids is 2. The van der Waals surface area contributed by atoms with Crippen LogP contribution in [0.1, 0.15) is 57.4 Å². The first-order valence-electron chi connectivity index (χ1n) is 9.86. The molecule has 0 radical (unpaired) electrons. The van der Waals surface area contributed by atoms with Crippen LogP contribution in [0.15, 0.2) is 24.3 Å². The van der Waals surface area contributed by atoms with Gasteiger partial charge in [0.15, 0.2) is 0 Å². The van der Waals surface area contributed by atoms with Crippen LogP contribution in [-0.4, -0.2) is 29.8 Å². The fraction of sp³-hybridized carbons (Fsp3) is 0.619. The normalized spacial score (nSPS) is 18.2. The second kappa shape index (κ2) is 8.50. The number of rotatable bonds is 7. The van der Waals surface area contributed by atoms with Crippen molar-refractivity contribution >= 4 is 17.5 Å². The monoisotopic (exact) mass is 342 g/mol. The highest BCUT2D eigenvalue weighted by atomic mass is 16.2. The zero-order valence-corrected chi connectivity index (χ0v) is 15.3. The molecule has 2 amide bonds. The van der Waals surface area contributed by atoms with Gasteiger partial charge in [0.05, 0.1) is 0 Å². The molecule has 4 nitrogen and oxygen atoms in total. The largest absolute Gasteiger partial charge is 0.342 e. The topological polar surface area (TPSA) is 49.4 Å². The fourth-order valence-corrected chi connectivity index (χ4v) is 3.53. The van der Waals surface area contributed by atoms with E-state index in [-0.39, 0.29) is 17.7 Å². The van der Waals surface area contributed by atoms with Gasteiger partial charge in [-0.3, -0.25) is 9.59 Å². The zero-order chi connectivity index (χ0) is 17.6. The van der Waals surface area contributed by atoms with Gasteiger partial charge in [-0.1, -0.05) is 31.9 Å². The summed E-state index contributed by atoms with van der Waals surface area (Å²) in [5.41, 5.74) is 2.21. The van der Waals surface area contributed by atoms with Crippen LogP contribution in [0.25, 0.3) is 0 Å². The molecule has 1 aliphatic heterocycles. The molecule has 0 spiro atoms. The Bertz CT molecular complexity index is 584. The summed E-state index contributed by atoms with van der Waals surface area (Å²) in [5, 5.41) is 3.04. The number of piperidine rings is 1. The Morgan fingerprint density at radius 3 is 2.28 bits per heavy atom. The zero-order valence-electron chi connectivity index (χ0n) is 15.3. The average Bonchev–Trinajstić information content (AvgIpc) is 3.48. The molecule has 0 bridgehead atoms. The number of nitrogens with one attached hydrogen (secondary N) is 1. The molecule has 25 heavy (non-hydrogen) atoms. The van der Waals surface area contributed by atoms with Crippen LogP contribution in [0.3, 0.4) is 0 Å². The van der Waals surface area contributed by atoms with Gasteiger partial charge in [-0.15, -0.1) is 0 Å². The third kappa shape index (κ3) is 5.07. The first kappa shape index (κ1) is 18.0. The fourth-order valence-electron chi connectivity index (χ4n) is 3.53. The lowest BCUT2D eigenvalue weighted by atomic mass is 9.95. The van der Waals surface area contributed by atoms with E-state index in [1.54, 1.807) is 0 Å². The molecular weight excluding hydrogens is 312 g/mol. The number of anilines is 1. The number of unbranched alkanes of at least 4 members (excludes halogenated alkanes) is 2. The highest BCUT2D eigenvalue weighted by molar-refractivity contribution is 5.92. The lowest BCUT2D eigenvalue weighted by Crippen LogP contribution is -2.42. The Kier molecular flexibility index (Phi) is 6.11. The van der Waals surface area contributed by atoms with Crippen LogP contribution in [0, 0.1) is 11.8 Å². The maximum Gasteiger partial charge on any atom is 0.227 e. The minimum atomic E-state index is 0.0208. The molecule has 2 fully saturated rings. The Morgan fingerprint density at radius 1 is 1.00 bits per heavy atom. The van der Waals surface area contributed by atoms with E-state index < -0.39 is 0 Å². The van der Waals surface area contributed by atoms with Gasteiger partial charge in [0.25, 0.3) is 0 Å². The van der Waals surface area contributed by atoms with Gasteiger partial charge >= 0.3 is 0 Å². The molecule has 1 saturated carbocycles. The minimum absolute atomic E-state index is 0.0208. The van der Waals surface area contributed by atoms with Crippen molar-refractivity contribution < 1.29 is 9.59 Å². The van der Waals surface area contributed by atoms with E-state index in [9.17, 15) is 9.59 Å². The first-order valence-corrected chi connectivity index (χ1v) is 9.86. The van der Waals surface area contributed by atoms with Crippen LogP contribution in [0.4, 0.5) is 5.69 Å². The molecule has 2 aliphatic rings. The van der Waals surface area contributed by atoms with E-state index in [2.05, 4.69) is 24.4 Å². The lowest BCUT2D eigenvalue weighted by Gasteiger charge is -2.31. The molecule has 1 N–H and O–H groups in total. The van der Waals surface area contributed by atoms with Crippen molar-refractivity contribution in [3.05, 3.63) is 29.8 Å². The number of hydrogen-bond acceptors (Lipinski definition) is 2. The molecule has 1 aliphatic carbocycles. The highest BCUT2D eigenvalue weighted by Gasteiger charge is 2.35. The van der Waals surface area contributed by atoms with Crippen LogP contribution in [0.5, 0.6) is 0 Å². The summed E-state index contributed by atoms with van der Waals surface area (Å²) in [4.78, 5) is 26.5. The Labute approximate surface area is 151 Å². The van der Waals surface area contributed by atoms with Crippen molar-refractivity contribution in [3.63, 3.8) is 0 Å². The maximum absolute atomic E-state index is 12.5. The molecule has 136 valence electrons. The smallest absolute Gasteiger partial charge is 0.227 e. The predicted molar refractivity (Wildman–Crippen MR) is 100 cm³/mol. The number of amides is 2. The van der Waals surface area contributed by atoms with Gasteiger partial charge in [-0.05, 0) is 56.2 Å². The van der Waals surface area contributed by atoms with E-state index in [0.717, 1.165) is 50.9 Å². The average molecular weight is 342 g/mol. The predicted octanol–water partition coefficient (Wildman–Crippen LogP) is 4.01. The standard InChI is InChI=1S/C21H30N2O2/c1-2-3-4-5-16-6-10-19(11-7-16)22-20(24)17-12-14-23(15-13-17)21(25)18-8-9-18/h6-7,10-11,17-18H,2-5,8-9,12-15H2,1H3,(H,22,24). The molecule has 1 heterocycles.